The highest BCUT2D eigenvalue weighted by molar-refractivity contribution is 7.94. The molecule has 1 unspecified atom stereocenters. The van der Waals surface area contributed by atoms with E-state index in [0.29, 0.717) is 15.5 Å². The molecule has 0 fully saturated rings. The molecule has 0 radical (unpaired) electrons. The number of carbonyl (C=O) groups excluding carboxylic acids is 1. The van der Waals surface area contributed by atoms with Gasteiger partial charge in [-0.1, -0.05) is 29.8 Å². The second kappa shape index (κ2) is 7.96. The van der Waals surface area contributed by atoms with Crippen LogP contribution in [0.25, 0.3) is 0 Å². The first-order valence-electron chi connectivity index (χ1n) is 6.43. The lowest BCUT2D eigenvalue weighted by molar-refractivity contribution is -0.384. The maximum atomic E-state index is 11.9. The van der Waals surface area contributed by atoms with Gasteiger partial charge in [-0.3, -0.25) is 14.3 Å². The molecule has 2 aromatic rings. The highest BCUT2D eigenvalue weighted by atomic mass is 35.5. The van der Waals surface area contributed by atoms with Crippen molar-refractivity contribution >= 4 is 35.3 Å². The molecule has 0 aliphatic heterocycles. The number of rotatable bonds is 6. The van der Waals surface area contributed by atoms with Crippen LogP contribution >= 0.6 is 23.6 Å². The molecule has 0 amide bonds. The van der Waals surface area contributed by atoms with E-state index in [0.717, 1.165) is 12.0 Å². The Morgan fingerprint density at radius 3 is 2.43 bits per heavy atom. The van der Waals surface area contributed by atoms with Gasteiger partial charge in [-0.15, -0.1) is 0 Å². The molecule has 120 valence electrons. The van der Waals surface area contributed by atoms with Crippen LogP contribution in [0.3, 0.4) is 0 Å². The molecule has 8 heteroatoms. The summed E-state index contributed by atoms with van der Waals surface area (Å²) in [5, 5.41) is 11.0. The molecule has 6 nitrogen and oxygen atoms in total. The fourth-order valence-corrected chi connectivity index (χ4v) is 2.61. The molecule has 2 rings (SSSR count). The third-order valence-corrected chi connectivity index (χ3v) is 3.99. The van der Waals surface area contributed by atoms with Crippen molar-refractivity contribution in [1.82, 2.24) is 0 Å². The van der Waals surface area contributed by atoms with Crippen LogP contribution < -0.4 is 0 Å². The predicted molar refractivity (Wildman–Crippen MR) is 86.2 cm³/mol. The second-order valence-electron chi connectivity index (χ2n) is 4.36. The molecule has 0 aliphatic carbocycles. The number of methoxy groups -OCH3 is 1. The van der Waals surface area contributed by atoms with Gasteiger partial charge in [-0.25, -0.2) is 4.79 Å². The van der Waals surface area contributed by atoms with Crippen molar-refractivity contribution in [2.24, 2.45) is 0 Å². The number of non-ortho nitro benzene ring substituents is 1. The van der Waals surface area contributed by atoms with Gasteiger partial charge in [0.2, 0.25) is 0 Å². The van der Waals surface area contributed by atoms with Gasteiger partial charge in [0.15, 0.2) is 6.10 Å². The number of nitro groups is 1. The van der Waals surface area contributed by atoms with Crippen LogP contribution in [0.1, 0.15) is 11.7 Å². The molecular formula is C15H12ClNO5S. The molecule has 23 heavy (non-hydrogen) atoms. The first-order valence-corrected chi connectivity index (χ1v) is 7.55. The Labute approximate surface area is 141 Å². The minimum Gasteiger partial charge on any atom is -0.467 e. The van der Waals surface area contributed by atoms with Crippen molar-refractivity contribution in [2.75, 3.05) is 7.11 Å². The van der Waals surface area contributed by atoms with Crippen molar-refractivity contribution < 1.29 is 18.6 Å². The molecule has 0 bridgehead atoms. The number of ether oxygens (including phenoxy) is 1. The molecule has 0 saturated carbocycles. The van der Waals surface area contributed by atoms with E-state index >= 15 is 0 Å². The number of benzene rings is 2. The maximum Gasteiger partial charge on any atom is 0.341 e. The number of hydrogen-bond acceptors (Lipinski definition) is 6. The Kier molecular flexibility index (Phi) is 5.97. The Balaban J connectivity index is 2.14. The Morgan fingerprint density at radius 2 is 1.87 bits per heavy atom. The van der Waals surface area contributed by atoms with Crippen molar-refractivity contribution in [1.29, 1.82) is 0 Å². The van der Waals surface area contributed by atoms with Crippen molar-refractivity contribution in [2.45, 2.75) is 11.0 Å². The molecular weight excluding hydrogens is 342 g/mol. The Hall–Kier alpha value is -2.09. The SMILES string of the molecule is COC(=O)C(OSc1ccc([N+](=O)[O-])cc1)c1ccccc1Cl. The summed E-state index contributed by atoms with van der Waals surface area (Å²) in [6, 6.07) is 12.6. The molecule has 0 aromatic heterocycles. The van der Waals surface area contributed by atoms with Gasteiger partial charge in [0.1, 0.15) is 0 Å². The zero-order valence-corrected chi connectivity index (χ0v) is 13.5. The van der Waals surface area contributed by atoms with Crippen LogP contribution in [0, 0.1) is 10.1 Å². The summed E-state index contributed by atoms with van der Waals surface area (Å²) >= 11 is 7.00. The predicted octanol–water partition coefficient (Wildman–Crippen LogP) is 4.19. The Bertz CT molecular complexity index is 707. The Morgan fingerprint density at radius 1 is 1.22 bits per heavy atom. The second-order valence-corrected chi connectivity index (χ2v) is 5.59. The lowest BCUT2D eigenvalue weighted by atomic mass is 10.1. The number of nitro benzene ring substituents is 1. The van der Waals surface area contributed by atoms with Crippen LogP contribution in [-0.4, -0.2) is 18.0 Å². The zero-order valence-electron chi connectivity index (χ0n) is 12.0. The number of hydrogen-bond donors (Lipinski definition) is 0. The molecule has 0 aliphatic rings. The normalized spacial score (nSPS) is 11.7. The summed E-state index contributed by atoms with van der Waals surface area (Å²) in [5.41, 5.74) is 0.459. The summed E-state index contributed by atoms with van der Waals surface area (Å²) in [4.78, 5) is 22.7. The largest absolute Gasteiger partial charge is 0.467 e. The fraction of sp³-hybridized carbons (Fsp3) is 0.133. The average molecular weight is 354 g/mol. The van der Waals surface area contributed by atoms with E-state index in [9.17, 15) is 14.9 Å². The van der Waals surface area contributed by atoms with Crippen LogP contribution in [0.15, 0.2) is 53.4 Å². The average Bonchev–Trinajstić information content (AvgIpc) is 2.56. The maximum absolute atomic E-state index is 11.9. The van der Waals surface area contributed by atoms with Crippen LogP contribution in [0.5, 0.6) is 0 Å². The lowest BCUT2D eigenvalue weighted by Crippen LogP contribution is -2.15. The van der Waals surface area contributed by atoms with Crippen LogP contribution in [-0.2, 0) is 13.7 Å². The van der Waals surface area contributed by atoms with Crippen molar-refractivity contribution in [3.63, 3.8) is 0 Å². The molecule has 0 heterocycles. The molecule has 0 saturated heterocycles. The topological polar surface area (TPSA) is 78.7 Å². The summed E-state index contributed by atoms with van der Waals surface area (Å²) in [6.07, 6.45) is -1.01. The summed E-state index contributed by atoms with van der Waals surface area (Å²) in [5.74, 6) is -0.590. The molecule has 2 aromatic carbocycles. The van der Waals surface area contributed by atoms with Gasteiger partial charge in [-0.2, -0.15) is 0 Å². The van der Waals surface area contributed by atoms with E-state index in [1.54, 1.807) is 24.3 Å². The number of nitrogens with zero attached hydrogens (tertiary/aromatic N) is 1. The highest BCUT2D eigenvalue weighted by Gasteiger charge is 2.25. The van der Waals surface area contributed by atoms with Crippen molar-refractivity contribution in [3.8, 4) is 0 Å². The van der Waals surface area contributed by atoms with E-state index in [-0.39, 0.29) is 5.69 Å². The smallest absolute Gasteiger partial charge is 0.341 e. The van der Waals surface area contributed by atoms with Crippen molar-refractivity contribution in [3.05, 3.63) is 69.2 Å². The third-order valence-electron chi connectivity index (χ3n) is 2.89. The number of esters is 1. The van der Waals surface area contributed by atoms with Gasteiger partial charge in [0.25, 0.3) is 5.69 Å². The minimum atomic E-state index is -1.01. The highest BCUT2D eigenvalue weighted by Crippen LogP contribution is 2.33. The number of carbonyl (C=O) groups is 1. The summed E-state index contributed by atoms with van der Waals surface area (Å²) in [7, 11) is 1.26. The lowest BCUT2D eigenvalue weighted by Gasteiger charge is -2.16. The molecule has 0 spiro atoms. The summed E-state index contributed by atoms with van der Waals surface area (Å²) in [6.45, 7) is 0. The van der Waals surface area contributed by atoms with E-state index in [4.69, 9.17) is 20.5 Å². The molecule has 1 atom stereocenters. The van der Waals surface area contributed by atoms with Gasteiger partial charge >= 0.3 is 5.97 Å². The van der Waals surface area contributed by atoms with Gasteiger partial charge in [0, 0.05) is 39.7 Å². The standard InChI is InChI=1S/C15H12ClNO5S/c1-21-15(18)14(12-4-2-3-5-13(12)16)22-23-11-8-6-10(7-9-11)17(19)20/h2-9,14H,1H3. The van der Waals surface area contributed by atoms with Gasteiger partial charge in [0.05, 0.1) is 12.0 Å². The third kappa shape index (κ3) is 4.44. The van der Waals surface area contributed by atoms with Crippen LogP contribution in [0.4, 0.5) is 5.69 Å². The molecule has 0 N–H and O–H groups in total. The monoisotopic (exact) mass is 353 g/mol. The first kappa shape index (κ1) is 17.3. The van der Waals surface area contributed by atoms with Gasteiger partial charge < -0.3 is 4.74 Å². The minimum absolute atomic E-state index is 0.0232. The van der Waals surface area contributed by atoms with Gasteiger partial charge in [-0.05, 0) is 18.2 Å². The number of halogens is 1. The van der Waals surface area contributed by atoms with Crippen LogP contribution in [0.2, 0.25) is 5.02 Å². The van der Waals surface area contributed by atoms with E-state index < -0.39 is 17.0 Å². The quantitative estimate of drug-likeness (QED) is 0.335. The van der Waals surface area contributed by atoms with E-state index in [1.165, 1.54) is 31.4 Å². The fourth-order valence-electron chi connectivity index (χ4n) is 1.74. The summed E-state index contributed by atoms with van der Waals surface area (Å²) < 4.78 is 10.3. The van der Waals surface area contributed by atoms with E-state index in [2.05, 4.69) is 0 Å². The van der Waals surface area contributed by atoms with E-state index in [1.807, 2.05) is 0 Å². The zero-order chi connectivity index (χ0) is 16.8. The first-order chi connectivity index (χ1) is 11.0.